The molecule has 1 N–H and O–H groups in total. The number of aliphatic carboxylic acids is 1. The summed E-state index contributed by atoms with van der Waals surface area (Å²) in [5.74, 6) is -1.09. The van der Waals surface area contributed by atoms with Crippen molar-refractivity contribution >= 4 is 11.9 Å². The number of carboxylic acid groups (broad SMARTS) is 1. The van der Waals surface area contributed by atoms with Gasteiger partial charge in [-0.3, -0.25) is 4.79 Å². The highest BCUT2D eigenvalue weighted by atomic mass is 16.4. The molecule has 1 aliphatic rings. The van der Waals surface area contributed by atoms with Crippen LogP contribution in [0, 0.1) is 6.92 Å². The maximum absolute atomic E-state index is 12.6. The predicted molar refractivity (Wildman–Crippen MR) is 87.0 cm³/mol. The molecule has 2 aromatic carbocycles. The number of carboxylic acids is 1. The molecule has 0 radical (unpaired) electrons. The molecule has 0 aromatic heterocycles. The van der Waals surface area contributed by atoms with Crippen LogP contribution in [0.3, 0.4) is 0 Å². The molecular formula is C19H19NO3. The molecule has 1 aliphatic heterocycles. The molecule has 0 bridgehead atoms. The number of fused-ring (bicyclic) bond motifs is 1. The normalized spacial score (nSPS) is 16.7. The second kappa shape index (κ2) is 6.24. The van der Waals surface area contributed by atoms with Gasteiger partial charge in [-0.1, -0.05) is 54.1 Å². The Bertz CT molecular complexity index is 737. The zero-order chi connectivity index (χ0) is 16.4. The van der Waals surface area contributed by atoms with Crippen LogP contribution in [0.4, 0.5) is 0 Å². The van der Waals surface area contributed by atoms with Crippen molar-refractivity contribution in [2.24, 2.45) is 0 Å². The summed E-state index contributed by atoms with van der Waals surface area (Å²) in [6.07, 6.45) is 0.595. The maximum atomic E-state index is 12.6. The van der Waals surface area contributed by atoms with Crippen LogP contribution in [0.25, 0.3) is 0 Å². The molecule has 1 amide bonds. The van der Waals surface area contributed by atoms with Crippen LogP contribution in [0.15, 0.2) is 48.5 Å². The molecule has 118 valence electrons. The van der Waals surface area contributed by atoms with Crippen LogP contribution >= 0.6 is 0 Å². The molecule has 0 spiro atoms. The van der Waals surface area contributed by atoms with Crippen molar-refractivity contribution < 1.29 is 14.7 Å². The zero-order valence-corrected chi connectivity index (χ0v) is 13.0. The second-order valence-corrected chi connectivity index (χ2v) is 6.01. The third-order valence-corrected chi connectivity index (χ3v) is 4.33. The number of aryl methyl sites for hydroxylation is 1. The lowest BCUT2D eigenvalue weighted by Gasteiger charge is -2.34. The van der Waals surface area contributed by atoms with Gasteiger partial charge in [0, 0.05) is 13.0 Å². The monoisotopic (exact) mass is 309 g/mol. The van der Waals surface area contributed by atoms with Gasteiger partial charge < -0.3 is 10.0 Å². The van der Waals surface area contributed by atoms with E-state index in [-0.39, 0.29) is 12.3 Å². The van der Waals surface area contributed by atoms with E-state index in [1.807, 2.05) is 55.5 Å². The standard InChI is InChI=1S/C19H19NO3/c1-13-6-8-14(9-7-13)10-18(21)20-12-16-5-3-2-4-15(16)11-17(20)19(22)23/h2-9,17H,10-12H2,1H3,(H,22,23). The number of nitrogens with zero attached hydrogens (tertiary/aromatic N) is 1. The average molecular weight is 309 g/mol. The van der Waals surface area contributed by atoms with Gasteiger partial charge in [0.25, 0.3) is 0 Å². The van der Waals surface area contributed by atoms with E-state index in [0.717, 1.165) is 22.3 Å². The molecule has 0 saturated heterocycles. The summed E-state index contributed by atoms with van der Waals surface area (Å²) in [6.45, 7) is 2.35. The SMILES string of the molecule is Cc1ccc(CC(=O)N2Cc3ccccc3CC2C(=O)O)cc1. The first-order valence-corrected chi connectivity index (χ1v) is 7.69. The van der Waals surface area contributed by atoms with Crippen molar-refractivity contribution in [3.8, 4) is 0 Å². The van der Waals surface area contributed by atoms with Crippen LogP contribution in [0.1, 0.15) is 22.3 Å². The Morgan fingerprint density at radius 3 is 2.39 bits per heavy atom. The van der Waals surface area contributed by atoms with Crippen molar-refractivity contribution in [2.75, 3.05) is 0 Å². The fraction of sp³-hybridized carbons (Fsp3) is 0.263. The minimum atomic E-state index is -0.947. The highest BCUT2D eigenvalue weighted by Crippen LogP contribution is 2.24. The van der Waals surface area contributed by atoms with Gasteiger partial charge in [-0.15, -0.1) is 0 Å². The lowest BCUT2D eigenvalue weighted by atomic mass is 9.93. The van der Waals surface area contributed by atoms with E-state index in [1.165, 1.54) is 4.90 Å². The highest BCUT2D eigenvalue weighted by Gasteiger charge is 2.34. The van der Waals surface area contributed by atoms with Gasteiger partial charge >= 0.3 is 5.97 Å². The molecule has 2 aromatic rings. The van der Waals surface area contributed by atoms with Crippen molar-refractivity contribution in [1.29, 1.82) is 0 Å². The first-order valence-electron chi connectivity index (χ1n) is 7.69. The molecule has 0 fully saturated rings. The van der Waals surface area contributed by atoms with Crippen LogP contribution in [0.5, 0.6) is 0 Å². The molecule has 1 unspecified atom stereocenters. The Morgan fingerprint density at radius 2 is 1.74 bits per heavy atom. The Balaban J connectivity index is 1.83. The Labute approximate surface area is 135 Å². The lowest BCUT2D eigenvalue weighted by Crippen LogP contribution is -2.49. The lowest BCUT2D eigenvalue weighted by molar-refractivity contribution is -0.151. The largest absolute Gasteiger partial charge is 0.480 e. The highest BCUT2D eigenvalue weighted by molar-refractivity contribution is 5.85. The molecule has 1 atom stereocenters. The molecule has 4 heteroatoms. The second-order valence-electron chi connectivity index (χ2n) is 6.01. The smallest absolute Gasteiger partial charge is 0.326 e. The average Bonchev–Trinajstić information content (AvgIpc) is 2.55. The van der Waals surface area contributed by atoms with Gasteiger partial charge in [-0.25, -0.2) is 4.79 Å². The zero-order valence-electron chi connectivity index (χ0n) is 13.0. The number of carbonyl (C=O) groups excluding carboxylic acids is 1. The predicted octanol–water partition coefficient (Wildman–Crippen LogP) is 2.58. The Hall–Kier alpha value is -2.62. The molecule has 4 nitrogen and oxygen atoms in total. The van der Waals surface area contributed by atoms with Gasteiger partial charge in [0.1, 0.15) is 6.04 Å². The van der Waals surface area contributed by atoms with Crippen molar-refractivity contribution in [3.05, 3.63) is 70.8 Å². The van der Waals surface area contributed by atoms with E-state index in [9.17, 15) is 14.7 Å². The summed E-state index contributed by atoms with van der Waals surface area (Å²) >= 11 is 0. The molecular weight excluding hydrogens is 290 g/mol. The van der Waals surface area contributed by atoms with Crippen molar-refractivity contribution in [3.63, 3.8) is 0 Å². The number of carbonyl (C=O) groups is 2. The molecule has 23 heavy (non-hydrogen) atoms. The van der Waals surface area contributed by atoms with E-state index in [2.05, 4.69) is 0 Å². The summed E-state index contributed by atoms with van der Waals surface area (Å²) in [6, 6.07) is 14.7. The fourth-order valence-electron chi connectivity index (χ4n) is 2.99. The topological polar surface area (TPSA) is 57.6 Å². The summed E-state index contributed by atoms with van der Waals surface area (Å²) in [5, 5.41) is 9.49. The molecule has 3 rings (SSSR count). The van der Waals surface area contributed by atoms with Crippen molar-refractivity contribution in [1.82, 2.24) is 4.90 Å². The summed E-state index contributed by atoms with van der Waals surface area (Å²) in [5.41, 5.74) is 4.08. The summed E-state index contributed by atoms with van der Waals surface area (Å²) < 4.78 is 0. The summed E-state index contributed by atoms with van der Waals surface area (Å²) in [4.78, 5) is 25.7. The van der Waals surface area contributed by atoms with Gasteiger partial charge in [0.05, 0.1) is 6.42 Å². The number of hydrogen-bond donors (Lipinski definition) is 1. The third kappa shape index (κ3) is 3.26. The van der Waals surface area contributed by atoms with E-state index in [0.29, 0.717) is 13.0 Å². The first-order chi connectivity index (χ1) is 11.0. The van der Waals surface area contributed by atoms with Crippen LogP contribution < -0.4 is 0 Å². The molecule has 0 saturated carbocycles. The molecule has 1 heterocycles. The van der Waals surface area contributed by atoms with E-state index < -0.39 is 12.0 Å². The van der Waals surface area contributed by atoms with Crippen LogP contribution in [-0.4, -0.2) is 27.9 Å². The van der Waals surface area contributed by atoms with Crippen LogP contribution in [-0.2, 0) is 29.0 Å². The fourth-order valence-corrected chi connectivity index (χ4v) is 2.99. The van der Waals surface area contributed by atoms with Gasteiger partial charge in [-0.2, -0.15) is 0 Å². The van der Waals surface area contributed by atoms with Gasteiger partial charge in [0.2, 0.25) is 5.91 Å². The number of benzene rings is 2. The quantitative estimate of drug-likeness (QED) is 0.948. The van der Waals surface area contributed by atoms with E-state index in [1.54, 1.807) is 0 Å². The maximum Gasteiger partial charge on any atom is 0.326 e. The van der Waals surface area contributed by atoms with Gasteiger partial charge in [0.15, 0.2) is 0 Å². The van der Waals surface area contributed by atoms with E-state index >= 15 is 0 Å². The summed E-state index contributed by atoms with van der Waals surface area (Å²) in [7, 11) is 0. The van der Waals surface area contributed by atoms with Crippen LogP contribution in [0.2, 0.25) is 0 Å². The first kappa shape index (κ1) is 15.3. The third-order valence-electron chi connectivity index (χ3n) is 4.33. The molecule has 0 aliphatic carbocycles. The number of hydrogen-bond acceptors (Lipinski definition) is 2. The van der Waals surface area contributed by atoms with Crippen molar-refractivity contribution in [2.45, 2.75) is 32.4 Å². The van der Waals surface area contributed by atoms with Gasteiger partial charge in [-0.05, 0) is 23.6 Å². The van der Waals surface area contributed by atoms with E-state index in [4.69, 9.17) is 0 Å². The number of rotatable bonds is 3. The minimum Gasteiger partial charge on any atom is -0.480 e. The minimum absolute atomic E-state index is 0.143. The number of amides is 1. The Morgan fingerprint density at radius 1 is 1.09 bits per heavy atom. The Kier molecular flexibility index (Phi) is 4.15.